The number of para-hydroxylation sites is 1. The molecule has 0 unspecified atom stereocenters. The summed E-state index contributed by atoms with van der Waals surface area (Å²) >= 11 is 0. The van der Waals surface area contributed by atoms with Crippen molar-refractivity contribution in [3.8, 4) is 11.5 Å². The summed E-state index contributed by atoms with van der Waals surface area (Å²) in [5, 5.41) is 10.8. The van der Waals surface area contributed by atoms with Crippen molar-refractivity contribution in [1.82, 2.24) is 25.1 Å². The van der Waals surface area contributed by atoms with Crippen molar-refractivity contribution in [1.29, 1.82) is 0 Å². The van der Waals surface area contributed by atoms with E-state index in [-0.39, 0.29) is 24.2 Å². The van der Waals surface area contributed by atoms with Gasteiger partial charge >= 0.3 is 0 Å². The van der Waals surface area contributed by atoms with Gasteiger partial charge in [0.15, 0.2) is 5.78 Å². The van der Waals surface area contributed by atoms with Crippen molar-refractivity contribution >= 4 is 11.7 Å². The lowest BCUT2D eigenvalue weighted by molar-refractivity contribution is -0.133. The van der Waals surface area contributed by atoms with Crippen LogP contribution in [0.25, 0.3) is 0 Å². The fourth-order valence-electron chi connectivity index (χ4n) is 3.46. The summed E-state index contributed by atoms with van der Waals surface area (Å²) in [4.78, 5) is 27.1. The minimum Gasteiger partial charge on any atom is -0.457 e. The number of carbonyl (C=O) groups is 2. The molecule has 1 aliphatic rings. The van der Waals surface area contributed by atoms with Gasteiger partial charge < -0.3 is 9.64 Å². The number of benzene rings is 2. The molecule has 2 aromatic carbocycles. The van der Waals surface area contributed by atoms with Crippen molar-refractivity contribution in [3.05, 3.63) is 66.5 Å². The Balaban J connectivity index is 1.37. The van der Waals surface area contributed by atoms with E-state index in [0.717, 1.165) is 18.6 Å². The number of aromatic nitrogens is 4. The van der Waals surface area contributed by atoms with Crippen LogP contribution >= 0.6 is 0 Å². The number of likely N-dealkylation sites (tertiary alicyclic amines) is 1. The molecule has 1 aliphatic heterocycles. The minimum absolute atomic E-state index is 0.0520. The number of tetrazole rings is 1. The third-order valence-electron chi connectivity index (χ3n) is 4.95. The van der Waals surface area contributed by atoms with E-state index in [1.54, 1.807) is 29.2 Å². The number of carbonyl (C=O) groups excluding carboxylic acids is 2. The number of rotatable bonds is 6. The second-order valence-corrected chi connectivity index (χ2v) is 6.99. The van der Waals surface area contributed by atoms with Gasteiger partial charge in [0.2, 0.25) is 5.91 Å². The number of Topliss-reactive ketones (excluding diaryl/α,β-unsaturated/α-hetero) is 1. The Kier molecular flexibility index (Phi) is 5.60. The molecule has 3 aromatic rings. The fraction of sp³-hybridized carbons (Fsp3) is 0.286. The first-order valence-electron chi connectivity index (χ1n) is 9.55. The lowest BCUT2D eigenvalue weighted by Crippen LogP contribution is -2.43. The second kappa shape index (κ2) is 8.64. The maximum Gasteiger partial charge on any atom is 0.244 e. The smallest absolute Gasteiger partial charge is 0.244 e. The molecule has 148 valence electrons. The van der Waals surface area contributed by atoms with Crippen LogP contribution in [0.1, 0.15) is 23.2 Å². The molecule has 29 heavy (non-hydrogen) atoms. The average Bonchev–Trinajstić information content (AvgIpc) is 3.28. The number of piperidine rings is 1. The van der Waals surface area contributed by atoms with Gasteiger partial charge in [0, 0.05) is 24.6 Å². The molecule has 1 atom stereocenters. The summed E-state index contributed by atoms with van der Waals surface area (Å²) in [7, 11) is 0. The predicted molar refractivity (Wildman–Crippen MR) is 104 cm³/mol. The Morgan fingerprint density at radius 3 is 2.52 bits per heavy atom. The van der Waals surface area contributed by atoms with Crippen LogP contribution in [0.15, 0.2) is 60.9 Å². The number of hydrogen-bond acceptors (Lipinski definition) is 6. The molecule has 8 heteroatoms. The first kappa shape index (κ1) is 18.8. The van der Waals surface area contributed by atoms with Gasteiger partial charge in [-0.3, -0.25) is 9.59 Å². The van der Waals surface area contributed by atoms with E-state index in [4.69, 9.17) is 4.74 Å². The van der Waals surface area contributed by atoms with Crippen molar-refractivity contribution in [2.45, 2.75) is 19.4 Å². The number of ether oxygens (including phenoxy) is 1. The molecule has 0 aliphatic carbocycles. The van der Waals surface area contributed by atoms with Crippen molar-refractivity contribution < 1.29 is 14.3 Å². The summed E-state index contributed by atoms with van der Waals surface area (Å²) in [6.45, 7) is 1.15. The van der Waals surface area contributed by atoms with E-state index >= 15 is 0 Å². The van der Waals surface area contributed by atoms with Crippen LogP contribution in [-0.4, -0.2) is 49.9 Å². The zero-order valence-corrected chi connectivity index (χ0v) is 15.8. The van der Waals surface area contributed by atoms with Gasteiger partial charge in [-0.25, -0.2) is 4.68 Å². The van der Waals surface area contributed by atoms with Gasteiger partial charge in [-0.05, 0) is 59.7 Å². The molecule has 1 aromatic heterocycles. The molecule has 0 saturated carbocycles. The first-order valence-corrected chi connectivity index (χ1v) is 9.55. The lowest BCUT2D eigenvalue weighted by Gasteiger charge is -2.32. The van der Waals surface area contributed by atoms with Gasteiger partial charge in [0.25, 0.3) is 0 Å². The van der Waals surface area contributed by atoms with Crippen LogP contribution in [0, 0.1) is 5.92 Å². The largest absolute Gasteiger partial charge is 0.457 e. The lowest BCUT2D eigenvalue weighted by atomic mass is 9.90. The topological polar surface area (TPSA) is 90.2 Å². The summed E-state index contributed by atoms with van der Waals surface area (Å²) < 4.78 is 7.16. The number of amides is 1. The molecule has 0 spiro atoms. The maximum absolute atomic E-state index is 12.9. The molecule has 2 heterocycles. The third-order valence-corrected chi connectivity index (χ3v) is 4.95. The summed E-state index contributed by atoms with van der Waals surface area (Å²) in [5.41, 5.74) is 0.630. The van der Waals surface area contributed by atoms with Crippen LogP contribution in [0.3, 0.4) is 0 Å². The van der Waals surface area contributed by atoms with Crippen molar-refractivity contribution in [2.75, 3.05) is 13.1 Å². The normalized spacial score (nSPS) is 16.4. The Morgan fingerprint density at radius 2 is 1.79 bits per heavy atom. The molecule has 1 fully saturated rings. The van der Waals surface area contributed by atoms with Crippen LogP contribution < -0.4 is 4.74 Å². The van der Waals surface area contributed by atoms with Gasteiger partial charge in [-0.15, -0.1) is 5.10 Å². The fourth-order valence-corrected chi connectivity index (χ4v) is 3.46. The number of hydrogen-bond donors (Lipinski definition) is 0. The van der Waals surface area contributed by atoms with Crippen molar-refractivity contribution in [3.63, 3.8) is 0 Å². The van der Waals surface area contributed by atoms with Gasteiger partial charge in [-0.1, -0.05) is 18.2 Å². The highest BCUT2D eigenvalue weighted by Gasteiger charge is 2.29. The van der Waals surface area contributed by atoms with Gasteiger partial charge in [-0.2, -0.15) is 0 Å². The van der Waals surface area contributed by atoms with Crippen LogP contribution in [-0.2, 0) is 11.3 Å². The first-order chi connectivity index (χ1) is 14.2. The number of nitrogens with zero attached hydrogens (tertiary/aromatic N) is 5. The molecule has 0 radical (unpaired) electrons. The summed E-state index contributed by atoms with van der Waals surface area (Å²) in [6, 6.07) is 16.6. The molecule has 1 amide bonds. The minimum atomic E-state index is -0.206. The zero-order valence-electron chi connectivity index (χ0n) is 15.8. The Labute approximate surface area is 168 Å². The average molecular weight is 391 g/mol. The monoisotopic (exact) mass is 391 g/mol. The third kappa shape index (κ3) is 4.66. The number of ketones is 1. The van der Waals surface area contributed by atoms with Crippen LogP contribution in [0.2, 0.25) is 0 Å². The molecule has 1 saturated heterocycles. The van der Waals surface area contributed by atoms with E-state index in [1.807, 2.05) is 30.3 Å². The SMILES string of the molecule is O=C(c1ccc(Oc2ccccc2)cc1)[C@H]1CCCN(C(=O)Cn2cnnn2)C1. The van der Waals surface area contributed by atoms with E-state index in [2.05, 4.69) is 15.5 Å². The second-order valence-electron chi connectivity index (χ2n) is 6.99. The highest BCUT2D eigenvalue weighted by atomic mass is 16.5. The van der Waals surface area contributed by atoms with E-state index in [9.17, 15) is 9.59 Å². The standard InChI is InChI=1S/C21H21N5O3/c27-20(14-26-15-22-23-24-26)25-12-4-5-17(13-25)21(28)16-8-10-19(11-9-16)29-18-6-2-1-3-7-18/h1-3,6-11,15,17H,4-5,12-14H2/t17-/m0/s1. The van der Waals surface area contributed by atoms with Gasteiger partial charge in [0.05, 0.1) is 0 Å². The highest BCUT2D eigenvalue weighted by molar-refractivity contribution is 5.98. The summed E-state index contributed by atoms with van der Waals surface area (Å²) in [5.74, 6) is 1.19. The van der Waals surface area contributed by atoms with E-state index < -0.39 is 0 Å². The van der Waals surface area contributed by atoms with Crippen LogP contribution in [0.5, 0.6) is 11.5 Å². The summed E-state index contributed by atoms with van der Waals surface area (Å²) in [6.07, 6.45) is 2.98. The zero-order chi connectivity index (χ0) is 20.1. The Bertz CT molecular complexity index is 958. The molecule has 4 rings (SSSR count). The molecule has 0 bridgehead atoms. The quantitative estimate of drug-likeness (QED) is 0.600. The molecule has 8 nitrogen and oxygen atoms in total. The Morgan fingerprint density at radius 1 is 1.03 bits per heavy atom. The molecular weight excluding hydrogens is 370 g/mol. The van der Waals surface area contributed by atoms with Crippen molar-refractivity contribution in [2.24, 2.45) is 5.92 Å². The Hall–Kier alpha value is -3.55. The maximum atomic E-state index is 12.9. The van der Waals surface area contributed by atoms with E-state index in [0.29, 0.717) is 24.4 Å². The van der Waals surface area contributed by atoms with E-state index in [1.165, 1.54) is 11.0 Å². The highest BCUT2D eigenvalue weighted by Crippen LogP contribution is 2.25. The predicted octanol–water partition coefficient (Wildman–Crippen LogP) is 2.59. The molecule has 0 N–H and O–H groups in total. The van der Waals surface area contributed by atoms with Crippen LogP contribution in [0.4, 0.5) is 0 Å². The molecular formula is C21H21N5O3. The van der Waals surface area contributed by atoms with Gasteiger partial charge in [0.1, 0.15) is 24.4 Å².